The number of quaternary nitrogens is 1. The van der Waals surface area contributed by atoms with Crippen molar-refractivity contribution in [3.63, 3.8) is 0 Å². The number of carbonyl (C=O) groups is 1. The third-order valence-electron chi connectivity index (χ3n) is 4.53. The minimum Gasteiger partial charge on any atom is -0.348 e. The van der Waals surface area contributed by atoms with E-state index < -0.39 is 0 Å². The highest BCUT2D eigenvalue weighted by atomic mass is 79.9. The van der Waals surface area contributed by atoms with Crippen LogP contribution in [0.25, 0.3) is 0 Å². The Hall–Kier alpha value is -1.65. The average molecular weight is 388 g/mol. The minimum absolute atomic E-state index is 0.124. The Morgan fingerprint density at radius 3 is 2.38 bits per heavy atom. The molecule has 1 aliphatic carbocycles. The van der Waals surface area contributed by atoms with Gasteiger partial charge >= 0.3 is 0 Å². The molecular formula is C20H24BrN2O+. The predicted molar refractivity (Wildman–Crippen MR) is 99.4 cm³/mol. The molecular weight excluding hydrogens is 364 g/mol. The highest BCUT2D eigenvalue weighted by Gasteiger charge is 2.32. The summed E-state index contributed by atoms with van der Waals surface area (Å²) in [6.07, 6.45) is 3.19. The molecule has 1 fully saturated rings. The lowest BCUT2D eigenvalue weighted by Gasteiger charge is -2.22. The topological polar surface area (TPSA) is 45.7 Å². The van der Waals surface area contributed by atoms with E-state index in [0.717, 1.165) is 29.3 Å². The van der Waals surface area contributed by atoms with Crippen LogP contribution in [0.3, 0.4) is 0 Å². The molecule has 2 aromatic rings. The van der Waals surface area contributed by atoms with Gasteiger partial charge in [-0.3, -0.25) is 4.79 Å². The van der Waals surface area contributed by atoms with Crippen molar-refractivity contribution in [1.82, 2.24) is 5.32 Å². The Labute approximate surface area is 152 Å². The Kier molecular flexibility index (Phi) is 5.69. The molecule has 2 atom stereocenters. The maximum Gasteiger partial charge on any atom is 0.283 e. The highest BCUT2D eigenvalue weighted by Crippen LogP contribution is 2.22. The Balaban J connectivity index is 1.81. The molecule has 4 heteroatoms. The normalized spacial score (nSPS) is 16.4. The standard InChI is InChI=1S/C20H23BrN2O/c1-2-18(14-8-10-16(21)11-9-14)23-19(15-6-4-3-5-7-15)20(24)22-17-12-13-17/h3-11,17-19,23H,2,12-13H2,1H3,(H,22,24)/p+1/t18-,19-/m0/s1. The number of benzene rings is 2. The number of hydrogen-bond donors (Lipinski definition) is 2. The van der Waals surface area contributed by atoms with E-state index in [4.69, 9.17) is 0 Å². The molecule has 0 aliphatic heterocycles. The van der Waals surface area contributed by atoms with Crippen LogP contribution in [0.5, 0.6) is 0 Å². The third kappa shape index (κ3) is 4.46. The van der Waals surface area contributed by atoms with Gasteiger partial charge < -0.3 is 10.6 Å². The molecule has 0 unspecified atom stereocenters. The zero-order valence-electron chi connectivity index (χ0n) is 13.9. The Morgan fingerprint density at radius 1 is 1.12 bits per heavy atom. The fraction of sp³-hybridized carbons (Fsp3) is 0.350. The lowest BCUT2D eigenvalue weighted by molar-refractivity contribution is -0.722. The second kappa shape index (κ2) is 7.95. The molecule has 0 heterocycles. The van der Waals surface area contributed by atoms with Gasteiger partial charge in [-0.2, -0.15) is 0 Å². The predicted octanol–water partition coefficient (Wildman–Crippen LogP) is 3.48. The van der Waals surface area contributed by atoms with Crippen LogP contribution in [0.2, 0.25) is 0 Å². The molecule has 3 nitrogen and oxygen atoms in total. The van der Waals surface area contributed by atoms with Crippen molar-refractivity contribution < 1.29 is 10.1 Å². The number of hydrogen-bond acceptors (Lipinski definition) is 1. The average Bonchev–Trinajstić information content (AvgIpc) is 3.41. The van der Waals surface area contributed by atoms with Gasteiger partial charge in [0.2, 0.25) is 0 Å². The molecule has 126 valence electrons. The number of amides is 1. The van der Waals surface area contributed by atoms with Gasteiger partial charge in [-0.25, -0.2) is 0 Å². The summed E-state index contributed by atoms with van der Waals surface area (Å²) in [6.45, 7) is 2.17. The number of nitrogens with two attached hydrogens (primary N) is 1. The van der Waals surface area contributed by atoms with Crippen molar-refractivity contribution in [2.24, 2.45) is 0 Å². The molecule has 0 saturated heterocycles. The lowest BCUT2D eigenvalue weighted by Crippen LogP contribution is -2.88. The molecule has 1 saturated carbocycles. The summed E-state index contributed by atoms with van der Waals surface area (Å²) in [5, 5.41) is 5.37. The number of halogens is 1. The summed E-state index contributed by atoms with van der Waals surface area (Å²) in [6, 6.07) is 18.9. The molecule has 2 aromatic carbocycles. The molecule has 1 amide bonds. The third-order valence-corrected chi connectivity index (χ3v) is 5.06. The van der Waals surface area contributed by atoms with Crippen molar-refractivity contribution >= 4 is 21.8 Å². The van der Waals surface area contributed by atoms with E-state index in [1.165, 1.54) is 5.56 Å². The zero-order valence-corrected chi connectivity index (χ0v) is 15.5. The van der Waals surface area contributed by atoms with Crippen molar-refractivity contribution in [3.05, 3.63) is 70.2 Å². The van der Waals surface area contributed by atoms with Crippen LogP contribution in [-0.4, -0.2) is 11.9 Å². The maximum atomic E-state index is 12.8. The molecule has 0 radical (unpaired) electrons. The van der Waals surface area contributed by atoms with Crippen LogP contribution in [0.1, 0.15) is 49.4 Å². The monoisotopic (exact) mass is 387 g/mol. The van der Waals surface area contributed by atoms with Crippen molar-refractivity contribution in [2.75, 3.05) is 0 Å². The van der Waals surface area contributed by atoms with Gasteiger partial charge in [-0.15, -0.1) is 0 Å². The van der Waals surface area contributed by atoms with Crippen molar-refractivity contribution in [1.29, 1.82) is 0 Å². The first-order valence-corrected chi connectivity index (χ1v) is 9.42. The lowest BCUT2D eigenvalue weighted by atomic mass is 10.00. The fourth-order valence-corrected chi connectivity index (χ4v) is 3.22. The minimum atomic E-state index is -0.208. The number of carbonyl (C=O) groups excluding carboxylic acids is 1. The van der Waals surface area contributed by atoms with Crippen LogP contribution < -0.4 is 10.6 Å². The second-order valence-electron chi connectivity index (χ2n) is 6.43. The van der Waals surface area contributed by atoms with Crippen LogP contribution in [0.15, 0.2) is 59.1 Å². The van der Waals surface area contributed by atoms with Gasteiger partial charge in [0, 0.05) is 28.1 Å². The molecule has 0 aromatic heterocycles. The molecule has 3 N–H and O–H groups in total. The Bertz CT molecular complexity index is 668. The number of nitrogens with one attached hydrogen (secondary N) is 1. The maximum absolute atomic E-state index is 12.8. The SMILES string of the molecule is CC[C@H]([NH2+][C@H](C(=O)NC1CC1)c1ccccc1)c1ccc(Br)cc1. The second-order valence-corrected chi connectivity index (χ2v) is 7.35. The van der Waals surface area contributed by atoms with Gasteiger partial charge in [0.25, 0.3) is 5.91 Å². The highest BCUT2D eigenvalue weighted by molar-refractivity contribution is 9.10. The van der Waals surface area contributed by atoms with E-state index in [1.54, 1.807) is 0 Å². The Morgan fingerprint density at radius 2 is 1.79 bits per heavy atom. The van der Waals surface area contributed by atoms with Gasteiger partial charge in [0.15, 0.2) is 6.04 Å². The number of rotatable bonds is 7. The van der Waals surface area contributed by atoms with E-state index >= 15 is 0 Å². The van der Waals surface area contributed by atoms with Gasteiger partial charge in [0.05, 0.1) is 0 Å². The largest absolute Gasteiger partial charge is 0.348 e. The molecule has 24 heavy (non-hydrogen) atoms. The van der Waals surface area contributed by atoms with Crippen LogP contribution >= 0.6 is 15.9 Å². The van der Waals surface area contributed by atoms with E-state index in [-0.39, 0.29) is 18.0 Å². The summed E-state index contributed by atoms with van der Waals surface area (Å²) >= 11 is 3.49. The summed E-state index contributed by atoms with van der Waals surface area (Å²) in [7, 11) is 0. The summed E-state index contributed by atoms with van der Waals surface area (Å²) in [4.78, 5) is 12.8. The van der Waals surface area contributed by atoms with Gasteiger partial charge in [-0.1, -0.05) is 65.3 Å². The van der Waals surface area contributed by atoms with Crippen molar-refractivity contribution in [2.45, 2.75) is 44.3 Å². The van der Waals surface area contributed by atoms with Crippen LogP contribution in [-0.2, 0) is 4.79 Å². The molecule has 0 bridgehead atoms. The first kappa shape index (κ1) is 17.2. The quantitative estimate of drug-likeness (QED) is 0.750. The first-order chi connectivity index (χ1) is 11.7. The summed E-state index contributed by atoms with van der Waals surface area (Å²) < 4.78 is 1.08. The summed E-state index contributed by atoms with van der Waals surface area (Å²) in [5.41, 5.74) is 2.31. The zero-order chi connectivity index (χ0) is 16.9. The molecule has 3 rings (SSSR count). The van der Waals surface area contributed by atoms with Gasteiger partial charge in [-0.05, 0) is 25.0 Å². The van der Waals surface area contributed by atoms with Crippen LogP contribution in [0.4, 0.5) is 0 Å². The summed E-state index contributed by atoms with van der Waals surface area (Å²) in [5.74, 6) is 0.124. The van der Waals surface area contributed by atoms with E-state index in [2.05, 4.69) is 57.8 Å². The van der Waals surface area contributed by atoms with Gasteiger partial charge in [0.1, 0.15) is 6.04 Å². The fourth-order valence-electron chi connectivity index (χ4n) is 2.95. The van der Waals surface area contributed by atoms with E-state index in [0.29, 0.717) is 6.04 Å². The van der Waals surface area contributed by atoms with Crippen molar-refractivity contribution in [3.8, 4) is 0 Å². The van der Waals surface area contributed by atoms with Crippen LogP contribution in [0, 0.1) is 0 Å². The molecule has 0 spiro atoms. The first-order valence-electron chi connectivity index (χ1n) is 8.63. The van der Waals surface area contributed by atoms with E-state index in [9.17, 15) is 4.79 Å². The smallest absolute Gasteiger partial charge is 0.283 e. The van der Waals surface area contributed by atoms with E-state index in [1.807, 2.05) is 30.3 Å². The molecule has 1 aliphatic rings.